The Bertz CT molecular complexity index is 465. The molecule has 0 radical (unpaired) electrons. The zero-order valence-electron chi connectivity index (χ0n) is 11.3. The molecule has 0 saturated heterocycles. The van der Waals surface area contributed by atoms with Crippen LogP contribution in [0, 0.1) is 30.1 Å². The molecule has 0 saturated carbocycles. The Morgan fingerprint density at radius 3 is 2.28 bits per heavy atom. The standard InChI is InChI=1S/C17H20O/c1-5-17(18)11-8-15-6-9-16(10-7-15)14(4)12-13(2)3/h1,6-7,9-10,13-14,17-18H,12H2,2-4H3. The van der Waals surface area contributed by atoms with Crippen molar-refractivity contribution in [3.63, 3.8) is 0 Å². The second-order valence-corrected chi connectivity index (χ2v) is 4.99. The summed E-state index contributed by atoms with van der Waals surface area (Å²) in [6, 6.07) is 8.14. The first-order valence-corrected chi connectivity index (χ1v) is 6.28. The Kier molecular flexibility index (Phi) is 5.50. The molecular weight excluding hydrogens is 220 g/mol. The van der Waals surface area contributed by atoms with E-state index in [1.165, 1.54) is 12.0 Å². The van der Waals surface area contributed by atoms with Crippen molar-refractivity contribution in [2.24, 2.45) is 5.92 Å². The zero-order valence-corrected chi connectivity index (χ0v) is 11.3. The van der Waals surface area contributed by atoms with E-state index in [0.29, 0.717) is 11.8 Å². The molecule has 0 spiro atoms. The molecule has 1 nitrogen and oxygen atoms in total. The Balaban J connectivity index is 2.73. The minimum Gasteiger partial charge on any atom is -0.369 e. The van der Waals surface area contributed by atoms with Crippen molar-refractivity contribution < 1.29 is 5.11 Å². The lowest BCUT2D eigenvalue weighted by Gasteiger charge is -2.14. The molecule has 18 heavy (non-hydrogen) atoms. The van der Waals surface area contributed by atoms with E-state index < -0.39 is 6.10 Å². The highest BCUT2D eigenvalue weighted by Gasteiger charge is 2.07. The Morgan fingerprint density at radius 1 is 1.17 bits per heavy atom. The van der Waals surface area contributed by atoms with Gasteiger partial charge in [-0.05, 0) is 36.0 Å². The molecule has 0 fully saturated rings. The van der Waals surface area contributed by atoms with Crippen LogP contribution in [0.3, 0.4) is 0 Å². The quantitative estimate of drug-likeness (QED) is 0.805. The molecule has 0 aromatic heterocycles. The molecule has 1 aromatic carbocycles. The van der Waals surface area contributed by atoms with Gasteiger partial charge in [-0.15, -0.1) is 6.42 Å². The van der Waals surface area contributed by atoms with Crippen LogP contribution in [-0.2, 0) is 0 Å². The second-order valence-electron chi connectivity index (χ2n) is 4.99. The van der Waals surface area contributed by atoms with Crippen molar-refractivity contribution in [2.75, 3.05) is 0 Å². The fraction of sp³-hybridized carbons (Fsp3) is 0.412. The number of aliphatic hydroxyl groups is 1. The van der Waals surface area contributed by atoms with Gasteiger partial charge in [-0.2, -0.15) is 0 Å². The predicted octanol–water partition coefficient (Wildman–Crippen LogP) is 3.18. The summed E-state index contributed by atoms with van der Waals surface area (Å²) in [5.74, 6) is 8.88. The van der Waals surface area contributed by atoms with Gasteiger partial charge in [0.1, 0.15) is 0 Å². The molecule has 0 aliphatic carbocycles. The van der Waals surface area contributed by atoms with Gasteiger partial charge in [-0.1, -0.05) is 50.7 Å². The van der Waals surface area contributed by atoms with Crippen LogP contribution in [0.4, 0.5) is 0 Å². The lowest BCUT2D eigenvalue weighted by Crippen LogP contribution is -1.99. The van der Waals surface area contributed by atoms with Gasteiger partial charge in [0.25, 0.3) is 0 Å². The van der Waals surface area contributed by atoms with Crippen LogP contribution < -0.4 is 0 Å². The van der Waals surface area contributed by atoms with Gasteiger partial charge in [0.2, 0.25) is 0 Å². The smallest absolute Gasteiger partial charge is 0.176 e. The Hall–Kier alpha value is -1.70. The van der Waals surface area contributed by atoms with Crippen molar-refractivity contribution in [1.29, 1.82) is 0 Å². The SMILES string of the molecule is C#CC(O)C#Cc1ccc(C(C)CC(C)C)cc1. The molecule has 0 bridgehead atoms. The van der Waals surface area contributed by atoms with E-state index in [9.17, 15) is 0 Å². The van der Waals surface area contributed by atoms with Crippen LogP contribution in [-0.4, -0.2) is 11.2 Å². The third-order valence-corrected chi connectivity index (χ3v) is 2.82. The van der Waals surface area contributed by atoms with E-state index in [4.69, 9.17) is 11.5 Å². The molecule has 94 valence electrons. The van der Waals surface area contributed by atoms with Gasteiger partial charge < -0.3 is 5.11 Å². The molecule has 2 unspecified atom stereocenters. The molecular formula is C17H20O. The summed E-state index contributed by atoms with van der Waals surface area (Å²) in [6.07, 6.45) is 5.24. The highest BCUT2D eigenvalue weighted by atomic mass is 16.3. The normalized spacial score (nSPS) is 13.3. The first-order valence-electron chi connectivity index (χ1n) is 6.28. The molecule has 1 N–H and O–H groups in total. The lowest BCUT2D eigenvalue weighted by atomic mass is 9.91. The van der Waals surface area contributed by atoms with E-state index >= 15 is 0 Å². The number of benzene rings is 1. The largest absolute Gasteiger partial charge is 0.369 e. The van der Waals surface area contributed by atoms with Gasteiger partial charge in [0.15, 0.2) is 6.10 Å². The topological polar surface area (TPSA) is 20.2 Å². The summed E-state index contributed by atoms with van der Waals surface area (Å²) in [5.41, 5.74) is 2.21. The minimum absolute atomic E-state index is 0.559. The molecule has 0 aliphatic heterocycles. The van der Waals surface area contributed by atoms with Gasteiger partial charge in [0, 0.05) is 5.56 Å². The van der Waals surface area contributed by atoms with E-state index in [0.717, 1.165) is 5.56 Å². The maximum absolute atomic E-state index is 9.15. The monoisotopic (exact) mass is 240 g/mol. The fourth-order valence-corrected chi connectivity index (χ4v) is 1.93. The summed E-state index contributed by atoms with van der Waals surface area (Å²) in [7, 11) is 0. The highest BCUT2D eigenvalue weighted by Crippen LogP contribution is 2.23. The summed E-state index contributed by atoms with van der Waals surface area (Å²) in [4.78, 5) is 0. The Labute approximate surface area is 110 Å². The highest BCUT2D eigenvalue weighted by molar-refractivity contribution is 5.38. The fourth-order valence-electron chi connectivity index (χ4n) is 1.93. The van der Waals surface area contributed by atoms with Crippen molar-refractivity contribution in [1.82, 2.24) is 0 Å². The first kappa shape index (κ1) is 14.4. The van der Waals surface area contributed by atoms with Gasteiger partial charge in [-0.3, -0.25) is 0 Å². The van der Waals surface area contributed by atoms with E-state index in [1.807, 2.05) is 12.1 Å². The molecule has 1 heteroatoms. The van der Waals surface area contributed by atoms with Gasteiger partial charge >= 0.3 is 0 Å². The predicted molar refractivity (Wildman–Crippen MR) is 76.0 cm³/mol. The van der Waals surface area contributed by atoms with Crippen molar-refractivity contribution in [3.8, 4) is 24.2 Å². The number of terminal acetylenes is 1. The second kappa shape index (κ2) is 6.90. The summed E-state index contributed by atoms with van der Waals surface area (Å²) < 4.78 is 0. The van der Waals surface area contributed by atoms with E-state index in [1.54, 1.807) is 0 Å². The molecule has 0 aliphatic rings. The van der Waals surface area contributed by atoms with E-state index in [-0.39, 0.29) is 0 Å². The van der Waals surface area contributed by atoms with Crippen molar-refractivity contribution >= 4 is 0 Å². The molecule has 1 rings (SSSR count). The Morgan fingerprint density at radius 2 is 1.78 bits per heavy atom. The summed E-state index contributed by atoms with van der Waals surface area (Å²) in [6.45, 7) is 6.71. The number of rotatable bonds is 3. The van der Waals surface area contributed by atoms with Crippen LogP contribution in [0.25, 0.3) is 0 Å². The average Bonchev–Trinajstić information content (AvgIpc) is 2.35. The first-order chi connectivity index (χ1) is 8.52. The van der Waals surface area contributed by atoms with Crippen LogP contribution in [0.15, 0.2) is 24.3 Å². The van der Waals surface area contributed by atoms with Crippen LogP contribution in [0.2, 0.25) is 0 Å². The number of hydrogen-bond acceptors (Lipinski definition) is 1. The third-order valence-electron chi connectivity index (χ3n) is 2.82. The van der Waals surface area contributed by atoms with Crippen molar-refractivity contribution in [3.05, 3.63) is 35.4 Å². The molecule has 0 amide bonds. The van der Waals surface area contributed by atoms with Crippen LogP contribution in [0.5, 0.6) is 0 Å². The van der Waals surface area contributed by atoms with Gasteiger partial charge in [0.05, 0.1) is 0 Å². The number of hydrogen-bond donors (Lipinski definition) is 1. The molecule has 1 aromatic rings. The van der Waals surface area contributed by atoms with Crippen LogP contribution in [0.1, 0.15) is 44.2 Å². The molecule has 0 heterocycles. The van der Waals surface area contributed by atoms with E-state index in [2.05, 4.69) is 50.7 Å². The maximum Gasteiger partial charge on any atom is 0.176 e. The maximum atomic E-state index is 9.15. The third kappa shape index (κ3) is 4.66. The van der Waals surface area contributed by atoms with Gasteiger partial charge in [-0.25, -0.2) is 0 Å². The summed E-state index contributed by atoms with van der Waals surface area (Å²) >= 11 is 0. The average molecular weight is 240 g/mol. The zero-order chi connectivity index (χ0) is 13.5. The summed E-state index contributed by atoms with van der Waals surface area (Å²) in [5, 5.41) is 9.15. The lowest BCUT2D eigenvalue weighted by molar-refractivity contribution is 0.290. The van der Waals surface area contributed by atoms with Crippen molar-refractivity contribution in [2.45, 2.75) is 39.2 Å². The van der Waals surface area contributed by atoms with Crippen LogP contribution >= 0.6 is 0 Å². The minimum atomic E-state index is -0.982. The molecule has 2 atom stereocenters. The number of aliphatic hydroxyl groups excluding tert-OH is 1.